The Kier molecular flexibility index (Phi) is 5.13. The molecule has 2 heterocycles. The summed E-state index contributed by atoms with van der Waals surface area (Å²) in [6.07, 6.45) is -3.28. The zero-order valence-electron chi connectivity index (χ0n) is 13.0. The Balaban J connectivity index is 2.20. The van der Waals surface area contributed by atoms with E-state index >= 15 is 0 Å². The van der Waals surface area contributed by atoms with E-state index in [4.69, 9.17) is 5.11 Å². The number of hydrogen-bond donors (Lipinski definition) is 2. The van der Waals surface area contributed by atoms with Gasteiger partial charge >= 0.3 is 6.18 Å². The monoisotopic (exact) mass is 331 g/mol. The summed E-state index contributed by atoms with van der Waals surface area (Å²) in [7, 11) is 0. The number of halogens is 3. The molecule has 0 unspecified atom stereocenters. The molecule has 0 aliphatic carbocycles. The van der Waals surface area contributed by atoms with Crippen molar-refractivity contribution < 1.29 is 23.1 Å². The van der Waals surface area contributed by atoms with Crippen LogP contribution in [0.2, 0.25) is 0 Å². The third-order valence-corrected chi connectivity index (χ3v) is 4.11. The summed E-state index contributed by atoms with van der Waals surface area (Å²) in [5.74, 6) is 0.0577. The number of aromatic nitrogens is 1. The van der Waals surface area contributed by atoms with Gasteiger partial charge in [0.25, 0.3) is 0 Å². The molecule has 0 radical (unpaired) electrons. The van der Waals surface area contributed by atoms with Crippen molar-refractivity contribution in [1.82, 2.24) is 10.3 Å². The van der Waals surface area contributed by atoms with Gasteiger partial charge in [-0.3, -0.25) is 4.79 Å². The highest BCUT2D eigenvalue weighted by Crippen LogP contribution is 2.33. The fraction of sp³-hybridized carbons (Fsp3) is 0.600. The highest BCUT2D eigenvalue weighted by molar-refractivity contribution is 5.77. The molecule has 0 aromatic carbocycles. The molecule has 2 N–H and O–H groups in total. The summed E-state index contributed by atoms with van der Waals surface area (Å²) in [6, 6.07) is 1.73. The lowest BCUT2D eigenvalue weighted by molar-refractivity contribution is -0.137. The molecule has 1 aliphatic rings. The molecule has 1 fully saturated rings. The first-order chi connectivity index (χ1) is 10.7. The second-order valence-corrected chi connectivity index (χ2v) is 6.05. The topological polar surface area (TPSA) is 65.5 Å². The van der Waals surface area contributed by atoms with Gasteiger partial charge in [0.05, 0.1) is 11.6 Å². The van der Waals surface area contributed by atoms with Gasteiger partial charge in [0, 0.05) is 25.2 Å². The number of pyridine rings is 1. The van der Waals surface area contributed by atoms with Crippen molar-refractivity contribution in [1.29, 1.82) is 0 Å². The average Bonchev–Trinajstić information content (AvgIpc) is 2.90. The number of amides is 1. The van der Waals surface area contributed by atoms with E-state index in [2.05, 4.69) is 10.3 Å². The molecular weight excluding hydrogens is 311 g/mol. The number of carbonyl (C=O) groups excluding carboxylic acids is 1. The van der Waals surface area contributed by atoms with Crippen LogP contribution in [0, 0.1) is 11.8 Å². The normalized spacial score (nSPS) is 21.8. The van der Waals surface area contributed by atoms with E-state index in [0.29, 0.717) is 13.1 Å². The number of alkyl halides is 3. The number of rotatable bonds is 4. The third-order valence-electron chi connectivity index (χ3n) is 4.11. The van der Waals surface area contributed by atoms with Crippen LogP contribution in [0.25, 0.3) is 0 Å². The summed E-state index contributed by atoms with van der Waals surface area (Å²) >= 11 is 0. The molecule has 23 heavy (non-hydrogen) atoms. The molecule has 2 rings (SSSR count). The molecule has 1 aliphatic heterocycles. The number of anilines is 1. The molecule has 2 atom stereocenters. The van der Waals surface area contributed by atoms with Crippen molar-refractivity contribution in [3.8, 4) is 0 Å². The zero-order valence-corrected chi connectivity index (χ0v) is 13.0. The Bertz CT molecular complexity index is 563. The quantitative estimate of drug-likeness (QED) is 0.881. The van der Waals surface area contributed by atoms with Crippen LogP contribution >= 0.6 is 0 Å². The molecule has 0 bridgehead atoms. The molecule has 1 aromatic rings. The summed E-state index contributed by atoms with van der Waals surface area (Å²) in [4.78, 5) is 17.2. The van der Waals surface area contributed by atoms with Gasteiger partial charge in [0.2, 0.25) is 5.91 Å². The largest absolute Gasteiger partial charge is 0.416 e. The van der Waals surface area contributed by atoms with Crippen LogP contribution in [0.4, 0.5) is 19.0 Å². The number of nitrogens with one attached hydrogen (secondary N) is 1. The van der Waals surface area contributed by atoms with E-state index in [9.17, 15) is 18.0 Å². The maximum Gasteiger partial charge on any atom is 0.416 e. The van der Waals surface area contributed by atoms with Crippen LogP contribution in [0.1, 0.15) is 19.4 Å². The predicted molar refractivity (Wildman–Crippen MR) is 78.8 cm³/mol. The lowest BCUT2D eigenvalue weighted by atomic mass is 9.91. The van der Waals surface area contributed by atoms with Crippen molar-refractivity contribution in [2.45, 2.75) is 26.1 Å². The van der Waals surface area contributed by atoms with Gasteiger partial charge in [-0.15, -0.1) is 0 Å². The lowest BCUT2D eigenvalue weighted by Crippen LogP contribution is -2.43. The molecule has 1 aromatic heterocycles. The first kappa shape index (κ1) is 17.5. The molecule has 1 saturated heterocycles. The number of nitrogens with zero attached hydrogens (tertiary/aromatic N) is 2. The Morgan fingerprint density at radius 3 is 2.74 bits per heavy atom. The Hall–Kier alpha value is -1.83. The molecule has 8 heteroatoms. The molecule has 5 nitrogen and oxygen atoms in total. The van der Waals surface area contributed by atoms with E-state index in [-0.39, 0.29) is 23.7 Å². The van der Waals surface area contributed by atoms with Gasteiger partial charge in [-0.25, -0.2) is 4.98 Å². The van der Waals surface area contributed by atoms with E-state index in [1.54, 1.807) is 4.90 Å². The van der Waals surface area contributed by atoms with Crippen LogP contribution in [0.15, 0.2) is 18.3 Å². The summed E-state index contributed by atoms with van der Waals surface area (Å²) in [5.41, 5.74) is -0.744. The average molecular weight is 331 g/mol. The van der Waals surface area contributed by atoms with Crippen LogP contribution < -0.4 is 10.2 Å². The van der Waals surface area contributed by atoms with Gasteiger partial charge in [0.1, 0.15) is 12.4 Å². The Morgan fingerprint density at radius 2 is 2.17 bits per heavy atom. The van der Waals surface area contributed by atoms with Gasteiger partial charge < -0.3 is 15.3 Å². The van der Waals surface area contributed by atoms with Gasteiger partial charge in [-0.05, 0) is 18.1 Å². The smallest absolute Gasteiger partial charge is 0.387 e. The fourth-order valence-corrected chi connectivity index (χ4v) is 2.86. The van der Waals surface area contributed by atoms with Crippen molar-refractivity contribution in [3.63, 3.8) is 0 Å². The van der Waals surface area contributed by atoms with E-state index in [1.165, 1.54) is 0 Å². The summed E-state index contributed by atoms with van der Waals surface area (Å²) < 4.78 is 38.5. The fourth-order valence-electron chi connectivity index (χ4n) is 2.86. The van der Waals surface area contributed by atoms with Crippen LogP contribution in [0.5, 0.6) is 0 Å². The molecule has 0 spiro atoms. The number of aliphatic hydroxyl groups is 1. The Labute approximate surface area is 132 Å². The lowest BCUT2D eigenvalue weighted by Gasteiger charge is -2.22. The maximum absolute atomic E-state index is 12.8. The maximum atomic E-state index is 12.8. The minimum Gasteiger partial charge on any atom is -0.387 e. The minimum atomic E-state index is -4.42. The van der Waals surface area contributed by atoms with Crippen LogP contribution in [-0.4, -0.2) is 41.7 Å². The van der Waals surface area contributed by atoms with Crippen molar-refractivity contribution in [3.05, 3.63) is 23.9 Å². The van der Waals surface area contributed by atoms with Crippen LogP contribution in [-0.2, 0) is 11.0 Å². The number of aliphatic hydroxyl groups excluding tert-OH is 1. The molecular formula is C15H20F3N3O2. The number of hydrogen-bond acceptors (Lipinski definition) is 4. The molecule has 128 valence electrons. The SMILES string of the molecule is CC(C)[C@@H]1CN(c2cc(C(F)(F)F)ccn2)C[C@H]1NC(=O)CO. The zero-order chi connectivity index (χ0) is 17.2. The minimum absolute atomic E-state index is 0.0712. The molecule has 0 saturated carbocycles. The second kappa shape index (κ2) is 6.74. The molecule has 1 amide bonds. The first-order valence-electron chi connectivity index (χ1n) is 7.40. The van der Waals surface area contributed by atoms with Gasteiger partial charge in [-0.2, -0.15) is 13.2 Å². The van der Waals surface area contributed by atoms with E-state index in [0.717, 1.165) is 18.3 Å². The number of carbonyl (C=O) groups is 1. The predicted octanol–water partition coefficient (Wildman–Crippen LogP) is 1.67. The van der Waals surface area contributed by atoms with E-state index in [1.807, 2.05) is 13.8 Å². The summed E-state index contributed by atoms with van der Waals surface area (Å²) in [5, 5.41) is 11.6. The first-order valence-corrected chi connectivity index (χ1v) is 7.40. The third kappa shape index (κ3) is 4.13. The van der Waals surface area contributed by atoms with Gasteiger partial charge in [-0.1, -0.05) is 13.8 Å². The van der Waals surface area contributed by atoms with Crippen molar-refractivity contribution >= 4 is 11.7 Å². The van der Waals surface area contributed by atoms with Crippen LogP contribution in [0.3, 0.4) is 0 Å². The van der Waals surface area contributed by atoms with E-state index < -0.39 is 24.3 Å². The highest BCUT2D eigenvalue weighted by atomic mass is 19.4. The standard InChI is InChI=1S/C15H20F3N3O2/c1-9(2)11-6-21(7-12(11)20-14(23)8-22)13-5-10(3-4-19-13)15(16,17)18/h3-5,9,11-12,22H,6-8H2,1-2H3,(H,20,23)/t11-,12+/m0/s1. The van der Waals surface area contributed by atoms with Gasteiger partial charge in [0.15, 0.2) is 0 Å². The van der Waals surface area contributed by atoms with Crippen molar-refractivity contribution in [2.75, 3.05) is 24.6 Å². The second-order valence-electron chi connectivity index (χ2n) is 6.05. The highest BCUT2D eigenvalue weighted by Gasteiger charge is 2.37. The summed E-state index contributed by atoms with van der Waals surface area (Å²) in [6.45, 7) is 4.24. The Morgan fingerprint density at radius 1 is 1.48 bits per heavy atom. The van der Waals surface area contributed by atoms with Crippen molar-refractivity contribution in [2.24, 2.45) is 11.8 Å².